The van der Waals surface area contributed by atoms with Gasteiger partial charge in [-0.05, 0) is 66.8 Å². The number of nitrogens with zero attached hydrogens (tertiary/aromatic N) is 1. The van der Waals surface area contributed by atoms with Gasteiger partial charge in [-0.25, -0.2) is 18.0 Å². The van der Waals surface area contributed by atoms with Gasteiger partial charge in [0.1, 0.15) is 11.5 Å². The van der Waals surface area contributed by atoms with Crippen molar-refractivity contribution in [1.29, 1.82) is 0 Å². The van der Waals surface area contributed by atoms with Crippen molar-refractivity contribution in [1.82, 2.24) is 4.72 Å². The molecule has 1 aliphatic heterocycles. The van der Waals surface area contributed by atoms with Gasteiger partial charge in [-0.15, -0.1) is 0 Å². The van der Waals surface area contributed by atoms with Gasteiger partial charge in [-0.2, -0.15) is 0 Å². The molecular weight excluding hydrogens is 444 g/mol. The van der Waals surface area contributed by atoms with Gasteiger partial charge in [-0.1, -0.05) is 13.8 Å². The Balaban J connectivity index is 1.97. The molecule has 2 aromatic rings. The number of methoxy groups -OCH3 is 2. The fraction of sp³-hybridized carbons (Fsp3) is 0.417. The fourth-order valence-electron chi connectivity index (χ4n) is 4.03. The van der Waals surface area contributed by atoms with E-state index in [1.807, 2.05) is 32.9 Å². The molecule has 8 nitrogen and oxygen atoms in total. The van der Waals surface area contributed by atoms with Crippen molar-refractivity contribution in [3.8, 4) is 11.5 Å². The molecule has 1 saturated heterocycles. The Morgan fingerprint density at radius 2 is 1.52 bits per heavy atom. The van der Waals surface area contributed by atoms with Gasteiger partial charge in [-0.3, -0.25) is 9.59 Å². The van der Waals surface area contributed by atoms with E-state index in [1.54, 1.807) is 14.0 Å². The van der Waals surface area contributed by atoms with Crippen molar-refractivity contribution in [3.63, 3.8) is 0 Å². The van der Waals surface area contributed by atoms with Crippen molar-refractivity contribution in [2.45, 2.75) is 57.4 Å². The number of carbonyl (C=O) groups is 2. The first kappa shape index (κ1) is 24.7. The lowest BCUT2D eigenvalue weighted by Gasteiger charge is -2.22. The molecule has 0 bridgehead atoms. The Bertz CT molecular complexity index is 1170. The van der Waals surface area contributed by atoms with E-state index in [4.69, 9.17) is 9.47 Å². The van der Waals surface area contributed by atoms with E-state index in [-0.39, 0.29) is 46.9 Å². The Hall–Kier alpha value is -2.91. The number of aryl methyl sites for hydroxylation is 1. The molecule has 9 heteroatoms. The zero-order chi connectivity index (χ0) is 24.5. The van der Waals surface area contributed by atoms with Crippen LogP contribution >= 0.6 is 0 Å². The van der Waals surface area contributed by atoms with E-state index in [1.165, 1.54) is 25.3 Å². The second-order valence-corrected chi connectivity index (χ2v) is 10.1. The van der Waals surface area contributed by atoms with E-state index in [0.29, 0.717) is 0 Å². The monoisotopic (exact) mass is 474 g/mol. The van der Waals surface area contributed by atoms with E-state index in [0.717, 1.165) is 27.3 Å². The van der Waals surface area contributed by atoms with Crippen LogP contribution in [-0.2, 0) is 19.6 Å². The lowest BCUT2D eigenvalue weighted by atomic mass is 9.94. The zero-order valence-electron chi connectivity index (χ0n) is 19.8. The topological polar surface area (TPSA) is 102 Å². The molecule has 2 aromatic carbocycles. The molecule has 0 saturated carbocycles. The summed E-state index contributed by atoms with van der Waals surface area (Å²) in [6.07, 6.45) is 0.173. The number of rotatable bonds is 8. The molecule has 2 amide bonds. The van der Waals surface area contributed by atoms with Gasteiger partial charge in [0.05, 0.1) is 24.8 Å². The van der Waals surface area contributed by atoms with E-state index in [9.17, 15) is 18.0 Å². The molecule has 3 rings (SSSR count). The van der Waals surface area contributed by atoms with Crippen LogP contribution in [0.4, 0.5) is 5.69 Å². The Labute approximate surface area is 194 Å². The summed E-state index contributed by atoms with van der Waals surface area (Å²) >= 11 is 0. The van der Waals surface area contributed by atoms with Gasteiger partial charge in [0.15, 0.2) is 0 Å². The van der Waals surface area contributed by atoms with Crippen LogP contribution in [0.15, 0.2) is 35.2 Å². The van der Waals surface area contributed by atoms with Crippen LogP contribution in [0.25, 0.3) is 0 Å². The lowest BCUT2D eigenvalue weighted by Crippen LogP contribution is -2.30. The van der Waals surface area contributed by atoms with Crippen LogP contribution in [0.2, 0.25) is 0 Å². The van der Waals surface area contributed by atoms with Crippen LogP contribution in [0.5, 0.6) is 11.5 Å². The van der Waals surface area contributed by atoms with Crippen molar-refractivity contribution >= 4 is 27.5 Å². The fourth-order valence-corrected chi connectivity index (χ4v) is 5.27. The predicted octanol–water partition coefficient (Wildman–Crippen LogP) is 3.83. The second kappa shape index (κ2) is 9.52. The molecule has 1 atom stereocenters. The Kier molecular flexibility index (Phi) is 7.14. The first-order valence-electron chi connectivity index (χ1n) is 10.7. The van der Waals surface area contributed by atoms with E-state index < -0.39 is 16.1 Å². The summed E-state index contributed by atoms with van der Waals surface area (Å²) in [4.78, 5) is 25.4. The minimum absolute atomic E-state index is 0.0621. The molecule has 1 heterocycles. The van der Waals surface area contributed by atoms with E-state index in [2.05, 4.69) is 4.72 Å². The van der Waals surface area contributed by atoms with Crippen LogP contribution in [-0.4, -0.2) is 34.5 Å². The summed E-state index contributed by atoms with van der Waals surface area (Å²) in [5.41, 5.74) is 2.85. The summed E-state index contributed by atoms with van der Waals surface area (Å²) in [5, 5.41) is 0. The quantitative estimate of drug-likeness (QED) is 0.584. The van der Waals surface area contributed by atoms with Gasteiger partial charge >= 0.3 is 0 Å². The van der Waals surface area contributed by atoms with Crippen molar-refractivity contribution in [2.75, 3.05) is 19.1 Å². The van der Waals surface area contributed by atoms with Gasteiger partial charge in [0.2, 0.25) is 21.8 Å². The van der Waals surface area contributed by atoms with Crippen LogP contribution in [0.1, 0.15) is 62.3 Å². The molecule has 0 aromatic heterocycles. The SMILES string of the molecule is COc1cc(C)c([C@H](C)NS(=O)(=O)c2ccc(OC)c(N3C(=O)CCC3=O)c2)cc1C(C)C. The van der Waals surface area contributed by atoms with Gasteiger partial charge in [0, 0.05) is 18.9 Å². The molecule has 1 aliphatic rings. The second-order valence-electron chi connectivity index (χ2n) is 8.40. The number of carbonyl (C=O) groups excluding carboxylic acids is 2. The van der Waals surface area contributed by atoms with Crippen molar-refractivity contribution in [2.24, 2.45) is 0 Å². The average molecular weight is 475 g/mol. The molecular formula is C24H30N2O6S. The number of sulfonamides is 1. The summed E-state index contributed by atoms with van der Waals surface area (Å²) in [6, 6.07) is 7.48. The average Bonchev–Trinajstić information content (AvgIpc) is 3.10. The number of amides is 2. The van der Waals surface area contributed by atoms with E-state index >= 15 is 0 Å². The largest absolute Gasteiger partial charge is 0.496 e. The molecule has 1 N–H and O–H groups in total. The highest BCUT2D eigenvalue weighted by atomic mass is 32.2. The van der Waals surface area contributed by atoms with Crippen LogP contribution in [0, 0.1) is 6.92 Å². The Morgan fingerprint density at radius 3 is 2.06 bits per heavy atom. The molecule has 178 valence electrons. The maximum absolute atomic E-state index is 13.2. The molecule has 0 aliphatic carbocycles. The summed E-state index contributed by atoms with van der Waals surface area (Å²) in [7, 11) is -0.957. The minimum atomic E-state index is -3.97. The predicted molar refractivity (Wildman–Crippen MR) is 125 cm³/mol. The number of nitrogens with one attached hydrogen (secondary N) is 1. The number of imide groups is 1. The highest BCUT2D eigenvalue weighted by Gasteiger charge is 2.33. The summed E-state index contributed by atoms with van der Waals surface area (Å²) < 4.78 is 39.9. The number of hydrogen-bond donors (Lipinski definition) is 1. The minimum Gasteiger partial charge on any atom is -0.496 e. The van der Waals surface area contributed by atoms with Crippen LogP contribution < -0.4 is 19.1 Å². The lowest BCUT2D eigenvalue weighted by molar-refractivity contribution is -0.121. The smallest absolute Gasteiger partial charge is 0.241 e. The number of anilines is 1. The highest BCUT2D eigenvalue weighted by Crippen LogP contribution is 2.35. The standard InChI is InChI=1S/C24H30N2O6S/c1-14(2)18-13-19(15(3)11-22(18)32-6)16(4)25-33(29,30)17-7-8-21(31-5)20(12-17)26-23(27)9-10-24(26)28/h7-8,11-14,16,25H,9-10H2,1-6H3/t16-/m0/s1. The molecule has 0 spiro atoms. The van der Waals surface area contributed by atoms with Gasteiger partial charge in [0.25, 0.3) is 0 Å². The number of ether oxygens (including phenoxy) is 2. The summed E-state index contributed by atoms with van der Waals surface area (Å²) in [6.45, 7) is 7.77. The molecule has 1 fully saturated rings. The first-order chi connectivity index (χ1) is 15.5. The summed E-state index contributed by atoms with van der Waals surface area (Å²) in [5.74, 6) is 0.440. The first-order valence-corrected chi connectivity index (χ1v) is 12.2. The molecule has 0 unspecified atom stereocenters. The van der Waals surface area contributed by atoms with Crippen molar-refractivity contribution in [3.05, 3.63) is 47.0 Å². The molecule has 33 heavy (non-hydrogen) atoms. The highest BCUT2D eigenvalue weighted by molar-refractivity contribution is 7.89. The Morgan fingerprint density at radius 1 is 0.909 bits per heavy atom. The normalized spacial score (nSPS) is 15.3. The van der Waals surface area contributed by atoms with Gasteiger partial charge < -0.3 is 9.47 Å². The van der Waals surface area contributed by atoms with Crippen molar-refractivity contribution < 1.29 is 27.5 Å². The third-order valence-electron chi connectivity index (χ3n) is 5.79. The number of hydrogen-bond acceptors (Lipinski definition) is 6. The number of benzene rings is 2. The maximum Gasteiger partial charge on any atom is 0.241 e. The maximum atomic E-state index is 13.2. The van der Waals surface area contributed by atoms with Crippen LogP contribution in [0.3, 0.4) is 0 Å². The third-order valence-corrected chi connectivity index (χ3v) is 7.33. The zero-order valence-corrected chi connectivity index (χ0v) is 20.6. The molecule has 0 radical (unpaired) electrons. The third kappa shape index (κ3) is 4.89.